The molecule has 0 unspecified atom stereocenters. The fourth-order valence-electron chi connectivity index (χ4n) is 2.91. The van der Waals surface area contributed by atoms with E-state index >= 15 is 0 Å². The maximum atomic E-state index is 12.9. The minimum atomic E-state index is -0.333. The molecule has 0 aliphatic carbocycles. The molecular formula is C22H22ClN3O3. The van der Waals surface area contributed by atoms with Crippen LogP contribution in [0.1, 0.15) is 22.8 Å². The number of anilines is 1. The lowest BCUT2D eigenvalue weighted by Gasteiger charge is -2.16. The van der Waals surface area contributed by atoms with Gasteiger partial charge in [-0.05, 0) is 35.9 Å². The van der Waals surface area contributed by atoms with Crippen molar-refractivity contribution in [2.45, 2.75) is 13.5 Å². The van der Waals surface area contributed by atoms with E-state index in [9.17, 15) is 9.59 Å². The highest BCUT2D eigenvalue weighted by atomic mass is 35.5. The van der Waals surface area contributed by atoms with Crippen LogP contribution in [0.3, 0.4) is 0 Å². The molecule has 0 radical (unpaired) electrons. The summed E-state index contributed by atoms with van der Waals surface area (Å²) in [7, 11) is 3.24. The number of carbonyl (C=O) groups excluding carboxylic acids is 2. The van der Waals surface area contributed by atoms with E-state index in [1.54, 1.807) is 30.1 Å². The summed E-state index contributed by atoms with van der Waals surface area (Å²) in [5.41, 5.74) is 2.59. The van der Waals surface area contributed by atoms with Crippen LogP contribution in [0.2, 0.25) is 5.02 Å². The number of ether oxygens (including phenoxy) is 1. The number of hydrogen-bond acceptors (Lipinski definition) is 3. The van der Waals surface area contributed by atoms with Gasteiger partial charge in [-0.25, -0.2) is 0 Å². The first kappa shape index (κ1) is 20.5. The Morgan fingerprint density at radius 2 is 1.86 bits per heavy atom. The maximum absolute atomic E-state index is 12.9. The molecule has 7 heteroatoms. The molecule has 0 saturated carbocycles. The number of amides is 2. The van der Waals surface area contributed by atoms with E-state index in [0.29, 0.717) is 28.6 Å². The second-order valence-corrected chi connectivity index (χ2v) is 7.03. The lowest BCUT2D eigenvalue weighted by molar-refractivity contribution is -0.128. The number of carbonyl (C=O) groups is 2. The molecule has 0 aliphatic rings. The zero-order chi connectivity index (χ0) is 21.0. The molecule has 29 heavy (non-hydrogen) atoms. The minimum absolute atomic E-state index is 0.0263. The summed E-state index contributed by atoms with van der Waals surface area (Å²) in [6.07, 6.45) is 3.73. The van der Waals surface area contributed by atoms with E-state index in [1.807, 2.05) is 47.3 Å². The Labute approximate surface area is 174 Å². The largest absolute Gasteiger partial charge is 0.496 e. The summed E-state index contributed by atoms with van der Waals surface area (Å²) in [6.45, 7) is 1.97. The van der Waals surface area contributed by atoms with Gasteiger partial charge in [-0.2, -0.15) is 0 Å². The molecule has 0 fully saturated rings. The van der Waals surface area contributed by atoms with Crippen molar-refractivity contribution >= 4 is 29.1 Å². The zero-order valence-corrected chi connectivity index (χ0v) is 17.2. The van der Waals surface area contributed by atoms with Crippen LogP contribution < -0.4 is 10.1 Å². The van der Waals surface area contributed by atoms with Gasteiger partial charge >= 0.3 is 0 Å². The van der Waals surface area contributed by atoms with Gasteiger partial charge in [0.15, 0.2) is 0 Å². The van der Waals surface area contributed by atoms with Crippen LogP contribution >= 0.6 is 11.6 Å². The molecule has 1 heterocycles. The van der Waals surface area contributed by atoms with E-state index in [4.69, 9.17) is 16.3 Å². The molecule has 0 aliphatic heterocycles. The summed E-state index contributed by atoms with van der Waals surface area (Å²) in [5, 5.41) is 3.30. The lowest BCUT2D eigenvalue weighted by Crippen LogP contribution is -2.23. The molecule has 1 N–H and O–H groups in total. The number of methoxy groups -OCH3 is 1. The van der Waals surface area contributed by atoms with E-state index in [1.165, 1.54) is 14.0 Å². The molecule has 150 valence electrons. The molecule has 0 saturated heterocycles. The quantitative estimate of drug-likeness (QED) is 0.655. The van der Waals surface area contributed by atoms with Crippen molar-refractivity contribution in [3.05, 3.63) is 77.1 Å². The Hall–Kier alpha value is -3.25. The molecule has 1 aromatic heterocycles. The normalized spacial score (nSPS) is 10.5. The van der Waals surface area contributed by atoms with E-state index in [-0.39, 0.29) is 11.8 Å². The van der Waals surface area contributed by atoms with Crippen molar-refractivity contribution in [2.75, 3.05) is 19.5 Å². The maximum Gasteiger partial charge on any atom is 0.259 e. The van der Waals surface area contributed by atoms with Gasteiger partial charge in [0, 0.05) is 44.7 Å². The highest BCUT2D eigenvalue weighted by Crippen LogP contribution is 2.30. The lowest BCUT2D eigenvalue weighted by atomic mass is 10.1. The predicted molar refractivity (Wildman–Crippen MR) is 114 cm³/mol. The summed E-state index contributed by atoms with van der Waals surface area (Å²) in [6, 6.07) is 14.5. The summed E-state index contributed by atoms with van der Waals surface area (Å²) >= 11 is 6.42. The Kier molecular flexibility index (Phi) is 6.24. The Balaban J connectivity index is 1.84. The van der Waals surface area contributed by atoms with Crippen LogP contribution in [0.5, 0.6) is 5.75 Å². The van der Waals surface area contributed by atoms with Crippen LogP contribution in [-0.2, 0) is 11.3 Å². The van der Waals surface area contributed by atoms with Crippen molar-refractivity contribution in [1.29, 1.82) is 0 Å². The van der Waals surface area contributed by atoms with Crippen LogP contribution in [0.25, 0.3) is 5.69 Å². The Morgan fingerprint density at radius 3 is 2.52 bits per heavy atom. The summed E-state index contributed by atoms with van der Waals surface area (Å²) in [4.78, 5) is 25.9. The third-order valence-electron chi connectivity index (χ3n) is 4.54. The number of aromatic nitrogens is 1. The minimum Gasteiger partial charge on any atom is -0.496 e. The molecule has 2 aromatic carbocycles. The molecule has 3 aromatic rings. The number of hydrogen-bond donors (Lipinski definition) is 1. The first-order valence-corrected chi connectivity index (χ1v) is 9.39. The van der Waals surface area contributed by atoms with Gasteiger partial charge in [0.2, 0.25) is 5.91 Å². The fraction of sp³-hybridized carbons (Fsp3) is 0.182. The first-order valence-electron chi connectivity index (χ1n) is 9.02. The molecule has 0 bridgehead atoms. The van der Waals surface area contributed by atoms with Crippen LogP contribution in [0, 0.1) is 0 Å². The van der Waals surface area contributed by atoms with Gasteiger partial charge in [-0.1, -0.05) is 23.7 Å². The molecule has 0 spiro atoms. The summed E-state index contributed by atoms with van der Waals surface area (Å²) < 4.78 is 7.27. The van der Waals surface area contributed by atoms with Crippen molar-refractivity contribution in [1.82, 2.24) is 9.47 Å². The van der Waals surface area contributed by atoms with Crippen LogP contribution in [-0.4, -0.2) is 35.4 Å². The Morgan fingerprint density at radius 1 is 1.14 bits per heavy atom. The van der Waals surface area contributed by atoms with Crippen LogP contribution in [0.4, 0.5) is 5.69 Å². The first-order chi connectivity index (χ1) is 13.9. The molecule has 3 rings (SSSR count). The van der Waals surface area contributed by atoms with Crippen molar-refractivity contribution in [2.24, 2.45) is 0 Å². The number of rotatable bonds is 6. The van der Waals surface area contributed by atoms with Crippen molar-refractivity contribution in [3.63, 3.8) is 0 Å². The number of nitrogens with zero attached hydrogens (tertiary/aromatic N) is 2. The van der Waals surface area contributed by atoms with Gasteiger partial charge in [-0.3, -0.25) is 9.59 Å². The van der Waals surface area contributed by atoms with Gasteiger partial charge < -0.3 is 19.5 Å². The van der Waals surface area contributed by atoms with Gasteiger partial charge in [-0.15, -0.1) is 0 Å². The highest BCUT2D eigenvalue weighted by molar-refractivity contribution is 6.33. The predicted octanol–water partition coefficient (Wildman–Crippen LogP) is 4.37. The third-order valence-corrected chi connectivity index (χ3v) is 4.84. The smallest absolute Gasteiger partial charge is 0.259 e. The number of halogens is 1. The van der Waals surface area contributed by atoms with E-state index in [0.717, 1.165) is 11.3 Å². The van der Waals surface area contributed by atoms with Gasteiger partial charge in [0.05, 0.1) is 23.4 Å². The van der Waals surface area contributed by atoms with Crippen molar-refractivity contribution in [3.8, 4) is 11.4 Å². The fourth-order valence-corrected chi connectivity index (χ4v) is 3.17. The molecule has 2 amide bonds. The van der Waals surface area contributed by atoms with E-state index < -0.39 is 0 Å². The average Bonchev–Trinajstić information content (AvgIpc) is 3.22. The molecule has 0 atom stereocenters. The average molecular weight is 412 g/mol. The third kappa shape index (κ3) is 4.78. The van der Waals surface area contributed by atoms with Crippen LogP contribution in [0.15, 0.2) is 60.9 Å². The van der Waals surface area contributed by atoms with Gasteiger partial charge in [0.1, 0.15) is 5.75 Å². The molecule has 6 nitrogen and oxygen atoms in total. The summed E-state index contributed by atoms with van der Waals surface area (Å²) in [5.74, 6) is 0.0598. The molecular weight excluding hydrogens is 390 g/mol. The number of benzene rings is 2. The van der Waals surface area contributed by atoms with Crippen molar-refractivity contribution < 1.29 is 14.3 Å². The standard InChI is InChI=1S/C22H22ClN3O3/c1-15(27)25(2)14-16-7-6-8-17(11-16)24-22(28)18-12-19(23)20(13-21(18)29-3)26-9-4-5-10-26/h4-13H,14H2,1-3H3,(H,24,28). The van der Waals surface area contributed by atoms with E-state index in [2.05, 4.69) is 5.32 Å². The Bertz CT molecular complexity index is 1030. The zero-order valence-electron chi connectivity index (χ0n) is 16.5. The van der Waals surface area contributed by atoms with Gasteiger partial charge in [0.25, 0.3) is 5.91 Å². The second-order valence-electron chi connectivity index (χ2n) is 6.62. The SMILES string of the molecule is COc1cc(-n2cccc2)c(Cl)cc1C(=O)Nc1cccc(CN(C)C(C)=O)c1. The highest BCUT2D eigenvalue weighted by Gasteiger charge is 2.17. The number of nitrogens with one attached hydrogen (secondary N) is 1. The second kappa shape index (κ2) is 8.84. The topological polar surface area (TPSA) is 63.6 Å². The monoisotopic (exact) mass is 411 g/mol.